The van der Waals surface area contributed by atoms with E-state index in [1.807, 2.05) is 51.1 Å². The van der Waals surface area contributed by atoms with E-state index >= 15 is 0 Å². The predicted molar refractivity (Wildman–Crippen MR) is 181 cm³/mol. The van der Waals surface area contributed by atoms with Crippen LogP contribution in [0.2, 0.25) is 10.0 Å². The van der Waals surface area contributed by atoms with Gasteiger partial charge in [0.2, 0.25) is 11.8 Å². The minimum absolute atomic E-state index is 0.0447. The molecule has 4 aromatic rings. The van der Waals surface area contributed by atoms with Gasteiger partial charge in [0.05, 0.1) is 10.6 Å². The molecule has 0 aliphatic carbocycles. The van der Waals surface area contributed by atoms with Gasteiger partial charge in [0.15, 0.2) is 0 Å². The first-order valence-electron chi connectivity index (χ1n) is 14.6. The molecule has 0 saturated carbocycles. The van der Waals surface area contributed by atoms with E-state index in [0.29, 0.717) is 26.9 Å². The first-order chi connectivity index (χ1) is 21.4. The van der Waals surface area contributed by atoms with Crippen LogP contribution >= 0.6 is 23.2 Å². The van der Waals surface area contributed by atoms with Gasteiger partial charge in [0.1, 0.15) is 12.6 Å². The second-order valence-electron chi connectivity index (χ2n) is 11.2. The SMILES string of the molecule is Cc1ccc(S(=O)(=O)N(CC(=O)N(Cc2c(Cl)cccc2Cl)C(Cc2ccccc2)C(=O)NC(C)C)c2ccccc2C)cc1. The number of carbonyl (C=O) groups is 2. The number of nitrogens with zero attached hydrogens (tertiary/aromatic N) is 2. The van der Waals surface area contributed by atoms with Gasteiger partial charge in [-0.3, -0.25) is 13.9 Å². The van der Waals surface area contributed by atoms with Crippen LogP contribution in [0.15, 0.2) is 102 Å². The molecule has 0 bridgehead atoms. The Balaban J connectivity index is 1.85. The smallest absolute Gasteiger partial charge is 0.264 e. The molecule has 0 fully saturated rings. The van der Waals surface area contributed by atoms with Crippen molar-refractivity contribution >= 4 is 50.7 Å². The zero-order chi connectivity index (χ0) is 32.7. The topological polar surface area (TPSA) is 86.8 Å². The van der Waals surface area contributed by atoms with Gasteiger partial charge in [-0.05, 0) is 69.2 Å². The van der Waals surface area contributed by atoms with Crippen molar-refractivity contribution in [3.63, 3.8) is 0 Å². The van der Waals surface area contributed by atoms with E-state index in [2.05, 4.69) is 5.32 Å². The highest BCUT2D eigenvalue weighted by Crippen LogP contribution is 2.30. The Hall–Kier alpha value is -3.85. The van der Waals surface area contributed by atoms with Crippen LogP contribution in [0.5, 0.6) is 0 Å². The molecule has 236 valence electrons. The molecule has 0 radical (unpaired) electrons. The van der Waals surface area contributed by atoms with Crippen molar-refractivity contribution in [1.29, 1.82) is 0 Å². The fourth-order valence-electron chi connectivity index (χ4n) is 4.98. The molecule has 0 heterocycles. The van der Waals surface area contributed by atoms with Crippen molar-refractivity contribution in [2.45, 2.75) is 57.6 Å². The lowest BCUT2D eigenvalue weighted by Crippen LogP contribution is -2.54. The second kappa shape index (κ2) is 15.0. The van der Waals surface area contributed by atoms with Crippen molar-refractivity contribution in [1.82, 2.24) is 10.2 Å². The molecule has 10 heteroatoms. The summed E-state index contributed by atoms with van der Waals surface area (Å²) in [5, 5.41) is 3.59. The van der Waals surface area contributed by atoms with Crippen LogP contribution in [0.25, 0.3) is 0 Å². The molecular weight excluding hydrogens is 629 g/mol. The van der Waals surface area contributed by atoms with Crippen LogP contribution in [0, 0.1) is 13.8 Å². The van der Waals surface area contributed by atoms with E-state index in [1.54, 1.807) is 61.5 Å². The molecule has 45 heavy (non-hydrogen) atoms. The summed E-state index contributed by atoms with van der Waals surface area (Å²) in [5.74, 6) is -0.973. The van der Waals surface area contributed by atoms with Crippen molar-refractivity contribution < 1.29 is 18.0 Å². The third kappa shape index (κ3) is 8.45. The molecule has 1 N–H and O–H groups in total. The molecular formula is C35H37Cl2N3O4S. The van der Waals surface area contributed by atoms with Gasteiger partial charge in [-0.25, -0.2) is 8.42 Å². The summed E-state index contributed by atoms with van der Waals surface area (Å²) in [5.41, 5.74) is 3.20. The van der Waals surface area contributed by atoms with Gasteiger partial charge in [-0.15, -0.1) is 0 Å². The third-order valence-corrected chi connectivity index (χ3v) is 9.85. The zero-order valence-electron chi connectivity index (χ0n) is 25.7. The Morgan fingerprint density at radius 1 is 0.800 bits per heavy atom. The number of para-hydroxylation sites is 1. The average Bonchev–Trinajstić information content (AvgIpc) is 2.99. The molecule has 0 spiro atoms. The molecule has 7 nitrogen and oxygen atoms in total. The summed E-state index contributed by atoms with van der Waals surface area (Å²) >= 11 is 13.1. The summed E-state index contributed by atoms with van der Waals surface area (Å²) in [7, 11) is -4.20. The minimum atomic E-state index is -4.20. The molecule has 2 amide bonds. The van der Waals surface area contributed by atoms with E-state index in [0.717, 1.165) is 15.4 Å². The molecule has 1 atom stereocenters. The van der Waals surface area contributed by atoms with Crippen molar-refractivity contribution in [3.05, 3.63) is 129 Å². The third-order valence-electron chi connectivity index (χ3n) is 7.36. The van der Waals surface area contributed by atoms with Crippen LogP contribution in [0.3, 0.4) is 0 Å². The van der Waals surface area contributed by atoms with E-state index in [9.17, 15) is 18.0 Å². The van der Waals surface area contributed by atoms with Gasteiger partial charge in [-0.1, -0.05) is 95.5 Å². The van der Waals surface area contributed by atoms with Crippen molar-refractivity contribution in [2.75, 3.05) is 10.8 Å². The molecule has 0 aliphatic rings. The fraction of sp³-hybridized carbons (Fsp3) is 0.257. The predicted octanol–water partition coefficient (Wildman–Crippen LogP) is 6.97. The highest BCUT2D eigenvalue weighted by atomic mass is 35.5. The highest BCUT2D eigenvalue weighted by Gasteiger charge is 2.35. The quantitative estimate of drug-likeness (QED) is 0.177. The Morgan fingerprint density at radius 2 is 1.40 bits per heavy atom. The lowest BCUT2D eigenvalue weighted by atomic mass is 10.0. The van der Waals surface area contributed by atoms with E-state index in [-0.39, 0.29) is 29.8 Å². The number of sulfonamides is 1. The van der Waals surface area contributed by atoms with Crippen LogP contribution in [-0.2, 0) is 32.6 Å². The minimum Gasteiger partial charge on any atom is -0.352 e. The van der Waals surface area contributed by atoms with Gasteiger partial charge in [0.25, 0.3) is 10.0 Å². The number of carbonyl (C=O) groups excluding carboxylic acids is 2. The van der Waals surface area contributed by atoms with E-state index < -0.39 is 28.5 Å². The van der Waals surface area contributed by atoms with Gasteiger partial charge >= 0.3 is 0 Å². The number of amides is 2. The number of anilines is 1. The standard InChI is InChI=1S/C35H37Cl2N3O4S/c1-24(2)38-35(42)33(21-27-12-6-5-7-13-27)39(22-29-30(36)14-10-15-31(29)37)34(41)23-40(32-16-9-8-11-26(32)4)45(43,44)28-19-17-25(3)18-20-28/h5-20,24,33H,21-23H2,1-4H3,(H,38,42). The number of aryl methyl sites for hydroxylation is 2. The number of hydrogen-bond acceptors (Lipinski definition) is 4. The Kier molecular flexibility index (Phi) is 11.3. The van der Waals surface area contributed by atoms with E-state index in [4.69, 9.17) is 23.2 Å². The van der Waals surface area contributed by atoms with Crippen molar-refractivity contribution in [2.24, 2.45) is 0 Å². The monoisotopic (exact) mass is 665 g/mol. The fourth-order valence-corrected chi connectivity index (χ4v) is 6.98. The second-order valence-corrected chi connectivity index (χ2v) is 13.9. The number of benzene rings is 4. The Morgan fingerprint density at radius 3 is 2.00 bits per heavy atom. The highest BCUT2D eigenvalue weighted by molar-refractivity contribution is 7.92. The van der Waals surface area contributed by atoms with Gasteiger partial charge in [-0.2, -0.15) is 0 Å². The van der Waals surface area contributed by atoms with Crippen LogP contribution in [0.4, 0.5) is 5.69 Å². The van der Waals surface area contributed by atoms with Gasteiger partial charge < -0.3 is 10.2 Å². The van der Waals surface area contributed by atoms with Crippen LogP contribution in [-0.4, -0.2) is 43.8 Å². The maximum Gasteiger partial charge on any atom is 0.264 e. The molecule has 1 unspecified atom stereocenters. The Bertz CT molecular complexity index is 1730. The average molecular weight is 667 g/mol. The zero-order valence-corrected chi connectivity index (χ0v) is 28.0. The normalized spacial score (nSPS) is 12.1. The Labute approximate surface area is 275 Å². The van der Waals surface area contributed by atoms with Gasteiger partial charge in [0, 0.05) is 34.6 Å². The lowest BCUT2D eigenvalue weighted by molar-refractivity contribution is -0.140. The maximum absolute atomic E-state index is 14.6. The molecule has 0 aliphatic heterocycles. The number of halogens is 2. The molecule has 0 saturated heterocycles. The van der Waals surface area contributed by atoms with Crippen LogP contribution in [0.1, 0.15) is 36.1 Å². The molecule has 0 aromatic heterocycles. The first kappa shape index (κ1) is 34.0. The summed E-state index contributed by atoms with van der Waals surface area (Å²) < 4.78 is 29.5. The van der Waals surface area contributed by atoms with Crippen LogP contribution < -0.4 is 9.62 Å². The number of nitrogens with one attached hydrogen (secondary N) is 1. The summed E-state index contributed by atoms with van der Waals surface area (Å²) in [4.78, 5) is 29.8. The van der Waals surface area contributed by atoms with Crippen molar-refractivity contribution in [3.8, 4) is 0 Å². The summed E-state index contributed by atoms with van der Waals surface area (Å²) in [6.45, 7) is 6.64. The van der Waals surface area contributed by atoms with E-state index in [1.165, 1.54) is 17.0 Å². The summed E-state index contributed by atoms with van der Waals surface area (Å²) in [6.07, 6.45) is 0.183. The molecule has 4 rings (SSSR count). The number of hydrogen-bond donors (Lipinski definition) is 1. The molecule has 4 aromatic carbocycles. The maximum atomic E-state index is 14.6. The lowest BCUT2D eigenvalue weighted by Gasteiger charge is -2.34. The first-order valence-corrected chi connectivity index (χ1v) is 16.8. The summed E-state index contributed by atoms with van der Waals surface area (Å²) in [6, 6.07) is 26.6. The largest absolute Gasteiger partial charge is 0.352 e. The number of rotatable bonds is 12.